The van der Waals surface area contributed by atoms with E-state index in [1.807, 2.05) is 48.6 Å². The van der Waals surface area contributed by atoms with Gasteiger partial charge in [-0.3, -0.25) is 20.2 Å². The average Bonchev–Trinajstić information content (AvgIpc) is 2.73. The molecule has 29 heavy (non-hydrogen) atoms. The van der Waals surface area contributed by atoms with Gasteiger partial charge in [0, 0.05) is 11.8 Å². The molecular formula is C21H17N3O5. The lowest BCUT2D eigenvalue weighted by atomic mass is 10.1. The van der Waals surface area contributed by atoms with Gasteiger partial charge in [0.25, 0.3) is 11.4 Å². The number of nitro groups is 2. The second-order valence-electron chi connectivity index (χ2n) is 6.07. The predicted molar refractivity (Wildman–Crippen MR) is 111 cm³/mol. The number of hydrogen-bond acceptors (Lipinski definition) is 6. The van der Waals surface area contributed by atoms with Gasteiger partial charge in [-0.2, -0.15) is 0 Å². The number of nitrogens with one attached hydrogen (secondary N) is 1. The Balaban J connectivity index is 1.74. The lowest BCUT2D eigenvalue weighted by Gasteiger charge is -2.07. The number of rotatable bonds is 7. The third-order valence-electron chi connectivity index (χ3n) is 4.16. The van der Waals surface area contributed by atoms with Crippen molar-refractivity contribution in [3.63, 3.8) is 0 Å². The first-order chi connectivity index (χ1) is 14.0. The molecule has 0 spiro atoms. The molecule has 0 saturated heterocycles. The van der Waals surface area contributed by atoms with Crippen LogP contribution in [-0.2, 0) is 0 Å². The molecule has 0 aliphatic rings. The molecule has 8 nitrogen and oxygen atoms in total. The van der Waals surface area contributed by atoms with Gasteiger partial charge in [-0.1, -0.05) is 36.4 Å². The molecule has 0 aromatic heterocycles. The van der Waals surface area contributed by atoms with E-state index in [-0.39, 0.29) is 17.1 Å². The van der Waals surface area contributed by atoms with E-state index in [0.717, 1.165) is 22.9 Å². The quantitative estimate of drug-likeness (QED) is 0.327. The number of anilines is 2. The highest BCUT2D eigenvalue weighted by atomic mass is 16.6. The topological polar surface area (TPSA) is 108 Å². The number of methoxy groups -OCH3 is 1. The van der Waals surface area contributed by atoms with Gasteiger partial charge < -0.3 is 10.1 Å². The van der Waals surface area contributed by atoms with Crippen LogP contribution in [0.3, 0.4) is 0 Å². The molecule has 0 aliphatic carbocycles. The minimum Gasteiger partial charge on any atom is -0.497 e. The molecule has 0 heterocycles. The molecule has 0 fully saturated rings. The van der Waals surface area contributed by atoms with E-state index in [9.17, 15) is 20.2 Å². The molecule has 146 valence electrons. The second-order valence-corrected chi connectivity index (χ2v) is 6.07. The highest BCUT2D eigenvalue weighted by molar-refractivity contribution is 5.74. The maximum atomic E-state index is 11.2. The molecule has 3 aromatic rings. The largest absolute Gasteiger partial charge is 0.497 e. The highest BCUT2D eigenvalue weighted by Crippen LogP contribution is 2.31. The average molecular weight is 391 g/mol. The smallest absolute Gasteiger partial charge is 0.299 e. The molecular weight excluding hydrogens is 374 g/mol. The Bertz CT molecular complexity index is 1060. The van der Waals surface area contributed by atoms with Crippen LogP contribution < -0.4 is 10.1 Å². The standard InChI is InChI=1S/C21H17N3O5/c1-29-19-11-6-16(7-12-19)3-2-15-4-8-17(9-5-15)22-20-13-10-18(23(25)26)14-21(20)24(27)28/h2-14,22H,1H3/b3-2+. The summed E-state index contributed by atoms with van der Waals surface area (Å²) in [6.07, 6.45) is 3.91. The van der Waals surface area contributed by atoms with E-state index < -0.39 is 9.85 Å². The van der Waals surface area contributed by atoms with E-state index in [2.05, 4.69) is 5.32 Å². The van der Waals surface area contributed by atoms with Crippen LogP contribution in [0.15, 0.2) is 66.7 Å². The third-order valence-corrected chi connectivity index (χ3v) is 4.16. The van der Waals surface area contributed by atoms with Crippen molar-refractivity contribution in [2.24, 2.45) is 0 Å². The highest BCUT2D eigenvalue weighted by Gasteiger charge is 2.19. The van der Waals surface area contributed by atoms with E-state index in [1.165, 1.54) is 12.1 Å². The Morgan fingerprint density at radius 2 is 1.41 bits per heavy atom. The number of non-ortho nitro benzene ring substituents is 1. The molecule has 0 atom stereocenters. The van der Waals surface area contributed by atoms with Gasteiger partial charge in [-0.05, 0) is 41.5 Å². The molecule has 3 aromatic carbocycles. The zero-order valence-corrected chi connectivity index (χ0v) is 15.4. The molecule has 3 rings (SSSR count). The Kier molecular flexibility index (Phi) is 5.84. The van der Waals surface area contributed by atoms with Crippen molar-refractivity contribution in [2.45, 2.75) is 0 Å². The second kappa shape index (κ2) is 8.66. The molecule has 8 heteroatoms. The Morgan fingerprint density at radius 1 is 0.828 bits per heavy atom. The zero-order chi connectivity index (χ0) is 20.8. The SMILES string of the molecule is COc1ccc(/C=C/c2ccc(Nc3ccc([N+](=O)[O-])cc3[N+](=O)[O-])cc2)cc1. The maximum Gasteiger partial charge on any atom is 0.299 e. The molecule has 0 amide bonds. The van der Waals surface area contributed by atoms with Crippen molar-refractivity contribution in [3.8, 4) is 5.75 Å². The summed E-state index contributed by atoms with van der Waals surface area (Å²) < 4.78 is 5.13. The first kappa shape index (κ1) is 19.6. The Morgan fingerprint density at radius 3 is 1.93 bits per heavy atom. The van der Waals surface area contributed by atoms with Crippen LogP contribution in [0.2, 0.25) is 0 Å². The number of nitro benzene ring substituents is 2. The summed E-state index contributed by atoms with van der Waals surface area (Å²) in [6, 6.07) is 18.4. The molecule has 1 N–H and O–H groups in total. The van der Waals surface area contributed by atoms with Crippen molar-refractivity contribution >= 4 is 34.9 Å². The maximum absolute atomic E-state index is 11.2. The van der Waals surface area contributed by atoms with Gasteiger partial charge in [-0.15, -0.1) is 0 Å². The fourth-order valence-electron chi connectivity index (χ4n) is 2.63. The first-order valence-electron chi connectivity index (χ1n) is 8.58. The molecule has 0 radical (unpaired) electrons. The van der Waals surface area contributed by atoms with Crippen LogP contribution in [-0.4, -0.2) is 17.0 Å². The predicted octanol–water partition coefficient (Wildman–Crippen LogP) is 5.43. The number of hydrogen-bond donors (Lipinski definition) is 1. The van der Waals surface area contributed by atoms with Crippen LogP contribution in [0, 0.1) is 20.2 Å². The summed E-state index contributed by atoms with van der Waals surface area (Å²) in [6.45, 7) is 0. The van der Waals surface area contributed by atoms with E-state index in [4.69, 9.17) is 4.74 Å². The molecule has 0 unspecified atom stereocenters. The number of benzene rings is 3. The van der Waals surface area contributed by atoms with Crippen LogP contribution in [0.5, 0.6) is 5.75 Å². The monoisotopic (exact) mass is 391 g/mol. The Hall–Kier alpha value is -4.20. The fourth-order valence-corrected chi connectivity index (χ4v) is 2.63. The Labute approximate surface area is 166 Å². The van der Waals surface area contributed by atoms with Crippen LogP contribution in [0.4, 0.5) is 22.7 Å². The van der Waals surface area contributed by atoms with Crippen molar-refractivity contribution in [3.05, 3.63) is 98.1 Å². The summed E-state index contributed by atoms with van der Waals surface area (Å²) in [5.41, 5.74) is 2.09. The molecule has 0 aliphatic heterocycles. The molecule has 0 bridgehead atoms. The summed E-state index contributed by atoms with van der Waals surface area (Å²) >= 11 is 0. The van der Waals surface area contributed by atoms with Crippen LogP contribution in [0.25, 0.3) is 12.2 Å². The summed E-state index contributed by atoms with van der Waals surface area (Å²) in [5.74, 6) is 0.790. The summed E-state index contributed by atoms with van der Waals surface area (Å²) in [4.78, 5) is 20.7. The third kappa shape index (κ3) is 4.95. The van der Waals surface area contributed by atoms with Crippen molar-refractivity contribution in [2.75, 3.05) is 12.4 Å². The van der Waals surface area contributed by atoms with E-state index >= 15 is 0 Å². The van der Waals surface area contributed by atoms with Gasteiger partial charge in [-0.25, -0.2) is 0 Å². The molecule has 0 saturated carbocycles. The first-order valence-corrected chi connectivity index (χ1v) is 8.58. The van der Waals surface area contributed by atoms with E-state index in [0.29, 0.717) is 5.69 Å². The fraction of sp³-hybridized carbons (Fsp3) is 0.0476. The zero-order valence-electron chi connectivity index (χ0n) is 15.4. The minimum atomic E-state index is -0.666. The van der Waals surface area contributed by atoms with E-state index in [1.54, 1.807) is 19.2 Å². The van der Waals surface area contributed by atoms with Gasteiger partial charge >= 0.3 is 0 Å². The number of nitrogens with zero attached hydrogens (tertiary/aromatic N) is 2. The normalized spacial score (nSPS) is 10.7. The summed E-state index contributed by atoms with van der Waals surface area (Å²) in [7, 11) is 1.62. The van der Waals surface area contributed by atoms with Crippen molar-refractivity contribution in [1.29, 1.82) is 0 Å². The number of ether oxygens (including phenoxy) is 1. The minimum absolute atomic E-state index is 0.183. The van der Waals surface area contributed by atoms with Gasteiger partial charge in [0.1, 0.15) is 11.4 Å². The van der Waals surface area contributed by atoms with Crippen LogP contribution >= 0.6 is 0 Å². The van der Waals surface area contributed by atoms with Crippen molar-refractivity contribution in [1.82, 2.24) is 0 Å². The lowest BCUT2D eigenvalue weighted by Crippen LogP contribution is -1.98. The van der Waals surface area contributed by atoms with Gasteiger partial charge in [0.15, 0.2) is 0 Å². The lowest BCUT2D eigenvalue weighted by molar-refractivity contribution is -0.393. The van der Waals surface area contributed by atoms with Crippen LogP contribution in [0.1, 0.15) is 11.1 Å². The van der Waals surface area contributed by atoms with Gasteiger partial charge in [0.05, 0.1) is 23.0 Å². The van der Waals surface area contributed by atoms with Gasteiger partial charge in [0.2, 0.25) is 0 Å². The summed E-state index contributed by atoms with van der Waals surface area (Å²) in [5, 5.41) is 25.0. The van der Waals surface area contributed by atoms with Crippen molar-refractivity contribution < 1.29 is 14.6 Å².